The second-order valence-corrected chi connectivity index (χ2v) is 1.30. The highest BCUT2D eigenvalue weighted by atomic mass is 16.8. The molecule has 3 heteroatoms. The Morgan fingerprint density at radius 3 is 2.71 bits per heavy atom. The molecular formula is C4H5O3. The summed E-state index contributed by atoms with van der Waals surface area (Å²) in [7, 11) is 0. The minimum Gasteiger partial charge on any atom is -0.430 e. The van der Waals surface area contributed by atoms with Gasteiger partial charge in [-0.25, -0.2) is 4.79 Å². The van der Waals surface area contributed by atoms with E-state index in [4.69, 9.17) is 0 Å². The van der Waals surface area contributed by atoms with Gasteiger partial charge in [-0.05, 0) is 6.92 Å². The Morgan fingerprint density at radius 1 is 1.86 bits per heavy atom. The molecule has 1 saturated heterocycles. The van der Waals surface area contributed by atoms with Gasteiger partial charge in [0, 0.05) is 0 Å². The molecule has 0 aliphatic carbocycles. The Balaban J connectivity index is 2.40. The van der Waals surface area contributed by atoms with Crippen LogP contribution in [0.3, 0.4) is 0 Å². The molecular weight excluding hydrogens is 96.0 g/mol. The van der Waals surface area contributed by atoms with Crippen molar-refractivity contribution >= 4 is 6.16 Å². The fourth-order valence-electron chi connectivity index (χ4n) is 0.365. The molecule has 1 unspecified atom stereocenters. The quantitative estimate of drug-likeness (QED) is 0.413. The van der Waals surface area contributed by atoms with E-state index in [2.05, 4.69) is 16.4 Å². The van der Waals surface area contributed by atoms with Crippen molar-refractivity contribution in [2.75, 3.05) is 6.61 Å². The van der Waals surface area contributed by atoms with Crippen molar-refractivity contribution in [2.45, 2.75) is 6.10 Å². The summed E-state index contributed by atoms with van der Waals surface area (Å²) < 4.78 is 8.73. The van der Waals surface area contributed by atoms with E-state index < -0.39 is 6.16 Å². The number of hydrogen-bond donors (Lipinski definition) is 0. The molecule has 1 fully saturated rings. The molecule has 0 amide bonds. The zero-order valence-electron chi connectivity index (χ0n) is 3.72. The average Bonchev–Trinajstić information content (AvgIpc) is 1.87. The van der Waals surface area contributed by atoms with Crippen LogP contribution in [0.15, 0.2) is 0 Å². The standard InChI is InChI=1S/C4H5O3/c1-3-2-6-4(5)7-3/h3H,1-2H2. The van der Waals surface area contributed by atoms with Gasteiger partial charge in [0.05, 0.1) is 0 Å². The van der Waals surface area contributed by atoms with Crippen molar-refractivity contribution in [3.05, 3.63) is 6.92 Å². The lowest BCUT2D eigenvalue weighted by molar-refractivity contribution is 0.125. The molecule has 1 heterocycles. The fourth-order valence-corrected chi connectivity index (χ4v) is 0.365. The Bertz CT molecular complexity index is 88.9. The largest absolute Gasteiger partial charge is 0.508 e. The molecule has 1 rings (SSSR count). The maximum atomic E-state index is 9.97. The number of hydrogen-bond acceptors (Lipinski definition) is 3. The van der Waals surface area contributed by atoms with Crippen LogP contribution in [-0.4, -0.2) is 18.9 Å². The normalized spacial score (nSPS) is 29.3. The van der Waals surface area contributed by atoms with Gasteiger partial charge in [-0.2, -0.15) is 0 Å². The zero-order chi connectivity index (χ0) is 5.28. The zero-order valence-corrected chi connectivity index (χ0v) is 3.72. The van der Waals surface area contributed by atoms with Crippen LogP contribution in [0.2, 0.25) is 0 Å². The Hall–Kier alpha value is -0.730. The van der Waals surface area contributed by atoms with Crippen LogP contribution in [0, 0.1) is 6.92 Å². The van der Waals surface area contributed by atoms with Gasteiger partial charge in [0.1, 0.15) is 12.7 Å². The summed E-state index contributed by atoms with van der Waals surface area (Å²) in [5, 5.41) is 0. The van der Waals surface area contributed by atoms with Crippen molar-refractivity contribution < 1.29 is 14.3 Å². The lowest BCUT2D eigenvalue weighted by Gasteiger charge is -1.89. The van der Waals surface area contributed by atoms with E-state index in [1.54, 1.807) is 0 Å². The van der Waals surface area contributed by atoms with E-state index in [1.165, 1.54) is 0 Å². The Labute approximate surface area is 41.2 Å². The van der Waals surface area contributed by atoms with Crippen LogP contribution in [0.25, 0.3) is 0 Å². The predicted octanol–water partition coefficient (Wildman–Crippen LogP) is 0.356. The van der Waals surface area contributed by atoms with Gasteiger partial charge in [0.15, 0.2) is 0 Å². The molecule has 0 aromatic heterocycles. The second-order valence-electron chi connectivity index (χ2n) is 1.30. The van der Waals surface area contributed by atoms with E-state index in [0.29, 0.717) is 6.61 Å². The number of rotatable bonds is 0. The van der Waals surface area contributed by atoms with E-state index >= 15 is 0 Å². The number of ether oxygens (including phenoxy) is 2. The summed E-state index contributed by atoms with van der Waals surface area (Å²) in [5.74, 6) is 0. The molecule has 0 spiro atoms. The van der Waals surface area contributed by atoms with Crippen LogP contribution in [0.5, 0.6) is 0 Å². The summed E-state index contributed by atoms with van der Waals surface area (Å²) in [5.41, 5.74) is 0. The van der Waals surface area contributed by atoms with Gasteiger partial charge in [-0.15, -0.1) is 0 Å². The number of carbonyl (C=O) groups excluding carboxylic acids is 1. The Morgan fingerprint density at radius 2 is 2.57 bits per heavy atom. The van der Waals surface area contributed by atoms with Crippen LogP contribution >= 0.6 is 0 Å². The van der Waals surface area contributed by atoms with E-state index in [-0.39, 0.29) is 6.10 Å². The highest BCUT2D eigenvalue weighted by Crippen LogP contribution is 2.02. The van der Waals surface area contributed by atoms with Gasteiger partial charge in [0.25, 0.3) is 0 Å². The first-order chi connectivity index (χ1) is 3.29. The highest BCUT2D eigenvalue weighted by molar-refractivity contribution is 5.61. The third-order valence-corrected chi connectivity index (χ3v) is 0.650. The molecule has 0 N–H and O–H groups in total. The van der Waals surface area contributed by atoms with Crippen molar-refractivity contribution in [3.8, 4) is 0 Å². The minimum atomic E-state index is -0.611. The first-order valence-corrected chi connectivity index (χ1v) is 1.95. The minimum absolute atomic E-state index is 0.291. The molecule has 7 heavy (non-hydrogen) atoms. The van der Waals surface area contributed by atoms with Crippen LogP contribution in [0.4, 0.5) is 4.79 Å². The van der Waals surface area contributed by atoms with E-state index in [0.717, 1.165) is 0 Å². The Kier molecular flexibility index (Phi) is 0.889. The van der Waals surface area contributed by atoms with Crippen LogP contribution in [-0.2, 0) is 9.47 Å². The third-order valence-electron chi connectivity index (χ3n) is 0.650. The van der Waals surface area contributed by atoms with Gasteiger partial charge < -0.3 is 9.47 Å². The van der Waals surface area contributed by atoms with E-state index in [9.17, 15) is 4.79 Å². The van der Waals surface area contributed by atoms with Crippen LogP contribution < -0.4 is 0 Å². The maximum Gasteiger partial charge on any atom is 0.508 e. The average molecular weight is 101 g/mol. The van der Waals surface area contributed by atoms with Gasteiger partial charge in [-0.1, -0.05) is 0 Å². The summed E-state index contributed by atoms with van der Waals surface area (Å²) in [6, 6.07) is 0. The summed E-state index contributed by atoms with van der Waals surface area (Å²) in [6.45, 7) is 3.71. The predicted molar refractivity (Wildman–Crippen MR) is 21.6 cm³/mol. The SMILES string of the molecule is [CH2]C1COC(=O)O1. The number of cyclic esters (lactones) is 2. The fraction of sp³-hybridized carbons (Fsp3) is 0.500. The first-order valence-electron chi connectivity index (χ1n) is 1.95. The highest BCUT2D eigenvalue weighted by Gasteiger charge is 2.19. The van der Waals surface area contributed by atoms with Crippen molar-refractivity contribution in [2.24, 2.45) is 0 Å². The van der Waals surface area contributed by atoms with Gasteiger partial charge >= 0.3 is 6.16 Å². The molecule has 0 aromatic carbocycles. The molecule has 1 atom stereocenters. The van der Waals surface area contributed by atoms with Crippen molar-refractivity contribution in [3.63, 3.8) is 0 Å². The lowest BCUT2D eigenvalue weighted by Crippen LogP contribution is -2.01. The van der Waals surface area contributed by atoms with Gasteiger partial charge in [-0.3, -0.25) is 0 Å². The van der Waals surface area contributed by atoms with Crippen molar-refractivity contribution in [1.82, 2.24) is 0 Å². The van der Waals surface area contributed by atoms with Crippen LogP contribution in [0.1, 0.15) is 0 Å². The molecule has 0 saturated carbocycles. The maximum absolute atomic E-state index is 9.97. The summed E-state index contributed by atoms with van der Waals surface area (Å²) in [4.78, 5) is 9.97. The topological polar surface area (TPSA) is 35.5 Å². The lowest BCUT2D eigenvalue weighted by atomic mass is 10.5. The van der Waals surface area contributed by atoms with E-state index in [1.807, 2.05) is 0 Å². The number of carbonyl (C=O) groups is 1. The summed E-state index contributed by atoms with van der Waals surface area (Å²) in [6.07, 6.45) is -0.910. The van der Waals surface area contributed by atoms with Gasteiger partial charge in [0.2, 0.25) is 0 Å². The summed E-state index contributed by atoms with van der Waals surface area (Å²) >= 11 is 0. The molecule has 0 aromatic rings. The molecule has 3 nitrogen and oxygen atoms in total. The molecule has 1 aliphatic heterocycles. The molecule has 1 radical (unpaired) electrons. The molecule has 39 valence electrons. The molecule has 0 bridgehead atoms. The third kappa shape index (κ3) is 0.824. The second kappa shape index (κ2) is 1.40. The first kappa shape index (κ1) is 4.43. The monoisotopic (exact) mass is 101 g/mol. The smallest absolute Gasteiger partial charge is 0.430 e. The van der Waals surface area contributed by atoms with Crippen molar-refractivity contribution in [1.29, 1.82) is 0 Å². The molecule has 1 aliphatic rings.